The van der Waals surface area contributed by atoms with Crippen LogP contribution in [-0.2, 0) is 20.7 Å². The number of carbonyl (C=O) groups is 2. The number of ether oxygens (including phenoxy) is 2. The summed E-state index contributed by atoms with van der Waals surface area (Å²) in [4.78, 5) is 24.0. The van der Waals surface area contributed by atoms with Crippen LogP contribution in [0.2, 0.25) is 0 Å². The highest BCUT2D eigenvalue weighted by atomic mass is 16.6. The van der Waals surface area contributed by atoms with Crippen molar-refractivity contribution in [2.24, 2.45) is 5.92 Å². The molecule has 6 heteroatoms. The summed E-state index contributed by atoms with van der Waals surface area (Å²) in [7, 11) is 0. The molecule has 0 bridgehead atoms. The molecule has 0 unspecified atom stereocenters. The number of esters is 2. The molecule has 6 nitrogen and oxygen atoms in total. The zero-order valence-electron chi connectivity index (χ0n) is 14.7. The van der Waals surface area contributed by atoms with Crippen LogP contribution in [0.3, 0.4) is 0 Å². The van der Waals surface area contributed by atoms with Crippen LogP contribution in [0, 0.1) is 5.92 Å². The Morgan fingerprint density at radius 1 is 1.00 bits per heavy atom. The molecule has 0 radical (unpaired) electrons. The zero-order chi connectivity index (χ0) is 19.1. The van der Waals surface area contributed by atoms with Crippen LogP contribution in [0.4, 0.5) is 0 Å². The minimum atomic E-state index is -0.573. The van der Waals surface area contributed by atoms with E-state index in [1.54, 1.807) is 50.2 Å². The summed E-state index contributed by atoms with van der Waals surface area (Å²) < 4.78 is 10.4. The first-order chi connectivity index (χ1) is 12.4. The lowest BCUT2D eigenvalue weighted by molar-refractivity contribution is -0.150. The third kappa shape index (κ3) is 5.51. The molecule has 26 heavy (non-hydrogen) atoms. The minimum Gasteiger partial charge on any atom is -0.504 e. The third-order valence-electron chi connectivity index (χ3n) is 3.76. The highest BCUT2D eigenvalue weighted by Crippen LogP contribution is 2.26. The van der Waals surface area contributed by atoms with Crippen molar-refractivity contribution in [1.29, 1.82) is 0 Å². The normalized spacial score (nSPS) is 12.8. The van der Waals surface area contributed by atoms with Crippen molar-refractivity contribution in [3.63, 3.8) is 0 Å². The van der Waals surface area contributed by atoms with Gasteiger partial charge in [-0.1, -0.05) is 31.2 Å². The fourth-order valence-corrected chi connectivity index (χ4v) is 2.33. The first-order valence-corrected chi connectivity index (χ1v) is 8.30. The van der Waals surface area contributed by atoms with Gasteiger partial charge in [0, 0.05) is 0 Å². The van der Waals surface area contributed by atoms with E-state index in [9.17, 15) is 19.8 Å². The third-order valence-corrected chi connectivity index (χ3v) is 3.76. The van der Waals surface area contributed by atoms with Gasteiger partial charge in [0.05, 0.1) is 11.5 Å². The number of hydrogen-bond donors (Lipinski definition) is 2. The lowest BCUT2D eigenvalue weighted by Crippen LogP contribution is -2.25. The van der Waals surface area contributed by atoms with E-state index < -0.39 is 24.0 Å². The molecule has 0 spiro atoms. The Morgan fingerprint density at radius 2 is 1.69 bits per heavy atom. The van der Waals surface area contributed by atoms with Gasteiger partial charge in [0.2, 0.25) is 0 Å². The fraction of sp³-hybridized carbons (Fsp3) is 0.300. The van der Waals surface area contributed by atoms with Crippen LogP contribution < -0.4 is 0 Å². The van der Waals surface area contributed by atoms with E-state index in [4.69, 9.17) is 9.47 Å². The number of rotatable bonds is 7. The van der Waals surface area contributed by atoms with Crippen molar-refractivity contribution >= 4 is 11.9 Å². The molecule has 0 aliphatic rings. The first-order valence-electron chi connectivity index (χ1n) is 8.30. The topological polar surface area (TPSA) is 93.1 Å². The molecular formula is C20H22O6. The van der Waals surface area contributed by atoms with Gasteiger partial charge in [0.25, 0.3) is 0 Å². The maximum absolute atomic E-state index is 12.1. The van der Waals surface area contributed by atoms with Crippen molar-refractivity contribution in [3.05, 3.63) is 59.7 Å². The molecule has 0 amide bonds. The van der Waals surface area contributed by atoms with Crippen LogP contribution in [0.25, 0.3) is 0 Å². The summed E-state index contributed by atoms with van der Waals surface area (Å²) in [6.45, 7) is 3.31. The lowest BCUT2D eigenvalue weighted by atomic mass is 10.0. The van der Waals surface area contributed by atoms with E-state index in [0.29, 0.717) is 17.5 Å². The molecule has 2 atom stereocenters. The van der Waals surface area contributed by atoms with Gasteiger partial charge in [-0.15, -0.1) is 0 Å². The first kappa shape index (κ1) is 19.3. The maximum Gasteiger partial charge on any atom is 0.338 e. The van der Waals surface area contributed by atoms with Crippen LogP contribution in [0.5, 0.6) is 11.5 Å². The Morgan fingerprint density at radius 3 is 2.35 bits per heavy atom. The van der Waals surface area contributed by atoms with Crippen molar-refractivity contribution in [2.45, 2.75) is 26.4 Å². The van der Waals surface area contributed by atoms with E-state index in [1.165, 1.54) is 12.1 Å². The second-order valence-electron chi connectivity index (χ2n) is 6.14. The number of benzene rings is 2. The lowest BCUT2D eigenvalue weighted by Gasteiger charge is -2.16. The second-order valence-corrected chi connectivity index (χ2v) is 6.14. The highest BCUT2D eigenvalue weighted by molar-refractivity contribution is 5.89. The average Bonchev–Trinajstić information content (AvgIpc) is 2.63. The van der Waals surface area contributed by atoms with E-state index >= 15 is 0 Å². The molecule has 0 fully saturated rings. The van der Waals surface area contributed by atoms with E-state index in [1.807, 2.05) is 0 Å². The van der Waals surface area contributed by atoms with Gasteiger partial charge in [-0.3, -0.25) is 4.79 Å². The molecular weight excluding hydrogens is 336 g/mol. The van der Waals surface area contributed by atoms with Crippen LogP contribution in [0.1, 0.15) is 29.8 Å². The molecule has 0 aromatic heterocycles. The average molecular weight is 358 g/mol. The maximum atomic E-state index is 12.1. The molecule has 2 rings (SSSR count). The fourth-order valence-electron chi connectivity index (χ4n) is 2.33. The van der Waals surface area contributed by atoms with Gasteiger partial charge in [-0.05, 0) is 43.2 Å². The van der Waals surface area contributed by atoms with Crippen LogP contribution in [-0.4, -0.2) is 34.9 Å². The summed E-state index contributed by atoms with van der Waals surface area (Å²) in [5.41, 5.74) is 1.14. The monoisotopic (exact) mass is 358 g/mol. The quantitative estimate of drug-likeness (QED) is 0.584. The van der Waals surface area contributed by atoms with Crippen LogP contribution in [0.15, 0.2) is 48.5 Å². The Kier molecular flexibility index (Phi) is 6.60. The van der Waals surface area contributed by atoms with Gasteiger partial charge in [-0.2, -0.15) is 0 Å². The molecule has 0 aliphatic carbocycles. The number of phenols is 2. The second kappa shape index (κ2) is 8.89. The Hall–Kier alpha value is -3.02. The molecule has 2 N–H and O–H groups in total. The SMILES string of the molecule is C[C@H](COC(=O)[C@@H](C)Cc1ccc(O)c(O)c1)OC(=O)c1ccccc1. The van der Waals surface area contributed by atoms with E-state index in [0.717, 1.165) is 0 Å². The smallest absolute Gasteiger partial charge is 0.338 e. The summed E-state index contributed by atoms with van der Waals surface area (Å²) in [5, 5.41) is 18.8. The van der Waals surface area contributed by atoms with Crippen molar-refractivity contribution in [1.82, 2.24) is 0 Å². The van der Waals surface area contributed by atoms with Gasteiger partial charge in [-0.25, -0.2) is 4.79 Å². The minimum absolute atomic E-state index is 0.0391. The predicted octanol–water partition coefficient (Wildman–Crippen LogP) is 3.07. The van der Waals surface area contributed by atoms with E-state index in [2.05, 4.69) is 0 Å². The standard InChI is InChI=1S/C20H22O6/c1-13(10-15-8-9-17(21)18(22)11-15)19(23)25-12-14(2)26-20(24)16-6-4-3-5-7-16/h3-9,11,13-14,21-22H,10,12H2,1-2H3/t13-,14+/m0/s1. The number of carbonyl (C=O) groups excluding carboxylic acids is 2. The number of aromatic hydroxyl groups is 2. The van der Waals surface area contributed by atoms with Crippen molar-refractivity contribution in [2.75, 3.05) is 6.61 Å². The van der Waals surface area contributed by atoms with E-state index in [-0.39, 0.29) is 18.1 Å². The molecule has 0 heterocycles. The molecule has 2 aromatic carbocycles. The molecule has 2 aromatic rings. The summed E-state index contributed by atoms with van der Waals surface area (Å²) in [6, 6.07) is 13.0. The van der Waals surface area contributed by atoms with Crippen molar-refractivity contribution < 1.29 is 29.3 Å². The van der Waals surface area contributed by atoms with Gasteiger partial charge >= 0.3 is 11.9 Å². The number of phenolic OH excluding ortho intramolecular Hbond substituents is 2. The summed E-state index contributed by atoms with van der Waals surface area (Å²) in [5.74, 6) is -1.79. The Labute approximate surface area is 152 Å². The Balaban J connectivity index is 1.79. The van der Waals surface area contributed by atoms with Crippen molar-refractivity contribution in [3.8, 4) is 11.5 Å². The van der Waals surface area contributed by atoms with Crippen LogP contribution >= 0.6 is 0 Å². The summed E-state index contributed by atoms with van der Waals surface area (Å²) >= 11 is 0. The van der Waals surface area contributed by atoms with Gasteiger partial charge in [0.15, 0.2) is 11.5 Å². The highest BCUT2D eigenvalue weighted by Gasteiger charge is 2.19. The molecule has 138 valence electrons. The van der Waals surface area contributed by atoms with Gasteiger partial charge in [0.1, 0.15) is 12.7 Å². The Bertz CT molecular complexity index is 756. The summed E-state index contributed by atoms with van der Waals surface area (Å²) in [6.07, 6.45) is -0.221. The van der Waals surface area contributed by atoms with Gasteiger partial charge < -0.3 is 19.7 Å². The largest absolute Gasteiger partial charge is 0.504 e. The number of hydrogen-bond acceptors (Lipinski definition) is 6. The molecule has 0 saturated heterocycles. The zero-order valence-corrected chi connectivity index (χ0v) is 14.7. The molecule has 0 aliphatic heterocycles. The predicted molar refractivity (Wildman–Crippen MR) is 94.9 cm³/mol. The molecule has 0 saturated carbocycles.